The van der Waals surface area contributed by atoms with Gasteiger partial charge in [-0.05, 0) is 60.3 Å². The average Bonchev–Trinajstić information content (AvgIpc) is 2.99. The summed E-state index contributed by atoms with van der Waals surface area (Å²) in [7, 11) is 0. The van der Waals surface area contributed by atoms with E-state index >= 15 is 0 Å². The lowest BCUT2D eigenvalue weighted by Gasteiger charge is -2.21. The summed E-state index contributed by atoms with van der Waals surface area (Å²) in [5, 5.41) is 4.15. The molecule has 2 nitrogen and oxygen atoms in total. The number of nitrogens with one attached hydrogen (secondary N) is 1. The van der Waals surface area contributed by atoms with Gasteiger partial charge in [-0.25, -0.2) is 0 Å². The van der Waals surface area contributed by atoms with Crippen LogP contribution in [0.4, 0.5) is 11.4 Å². The first-order valence-electron chi connectivity index (χ1n) is 7.95. The summed E-state index contributed by atoms with van der Waals surface area (Å²) >= 11 is 5.59. The van der Waals surface area contributed by atoms with Crippen molar-refractivity contribution in [3.8, 4) is 0 Å². The first-order valence-corrected chi connectivity index (χ1v) is 8.36. The number of nitrogens with zero attached hydrogens (tertiary/aromatic N) is 1. The number of hydrogen-bond donors (Lipinski definition) is 1. The maximum absolute atomic E-state index is 5.59. The van der Waals surface area contributed by atoms with E-state index in [9.17, 15) is 0 Å². The molecule has 2 aromatic carbocycles. The van der Waals surface area contributed by atoms with Crippen LogP contribution in [0.2, 0.25) is 0 Å². The second kappa shape index (κ2) is 6.49. The van der Waals surface area contributed by atoms with Crippen molar-refractivity contribution in [3.05, 3.63) is 59.7 Å². The highest BCUT2D eigenvalue weighted by Gasteiger charge is 2.21. The Morgan fingerprint density at radius 3 is 2.64 bits per heavy atom. The summed E-state index contributed by atoms with van der Waals surface area (Å²) in [4.78, 5) is 2.19. The van der Waals surface area contributed by atoms with Gasteiger partial charge in [0, 0.05) is 17.9 Å². The van der Waals surface area contributed by atoms with Gasteiger partial charge in [0.1, 0.15) is 0 Å². The molecule has 1 atom stereocenters. The minimum absolute atomic E-state index is 0.603. The van der Waals surface area contributed by atoms with Gasteiger partial charge in [0.2, 0.25) is 0 Å². The van der Waals surface area contributed by atoms with Crippen molar-refractivity contribution in [2.24, 2.45) is 0 Å². The van der Waals surface area contributed by atoms with Crippen LogP contribution in [0.5, 0.6) is 0 Å². The summed E-state index contributed by atoms with van der Waals surface area (Å²) in [6, 6.07) is 17.1. The Kier molecular flexibility index (Phi) is 4.44. The van der Waals surface area contributed by atoms with Gasteiger partial charge in [0.25, 0.3) is 0 Å². The Balaban J connectivity index is 1.70. The van der Waals surface area contributed by atoms with E-state index in [0.717, 1.165) is 30.2 Å². The molecule has 0 radical (unpaired) electrons. The van der Waals surface area contributed by atoms with Crippen LogP contribution in [0.3, 0.4) is 0 Å². The van der Waals surface area contributed by atoms with Crippen LogP contribution in [0.15, 0.2) is 48.5 Å². The molecule has 22 heavy (non-hydrogen) atoms. The molecule has 2 aromatic rings. The summed E-state index contributed by atoms with van der Waals surface area (Å²) in [5.74, 6) is 0.603. The lowest BCUT2D eigenvalue weighted by molar-refractivity contribution is 0.734. The lowest BCUT2D eigenvalue weighted by atomic mass is 9.99. The van der Waals surface area contributed by atoms with E-state index in [1.807, 2.05) is 0 Å². The predicted molar refractivity (Wildman–Crippen MR) is 98.9 cm³/mol. The molecule has 1 heterocycles. The molecule has 0 amide bonds. The SMILES string of the molecule is CCC(C)c1ccc(NC(=S)N2CCc3ccccc32)cc1. The van der Waals surface area contributed by atoms with E-state index in [2.05, 4.69) is 72.6 Å². The molecule has 0 spiro atoms. The third kappa shape index (κ3) is 3.00. The number of benzene rings is 2. The number of hydrogen-bond acceptors (Lipinski definition) is 1. The van der Waals surface area contributed by atoms with E-state index in [-0.39, 0.29) is 0 Å². The normalized spacial score (nSPS) is 14.5. The van der Waals surface area contributed by atoms with Crippen molar-refractivity contribution in [3.63, 3.8) is 0 Å². The highest BCUT2D eigenvalue weighted by Crippen LogP contribution is 2.28. The molecule has 3 rings (SSSR count). The standard InChI is InChI=1S/C19H22N2S/c1-3-14(2)15-8-10-17(11-9-15)20-19(22)21-13-12-16-6-4-5-7-18(16)21/h4-11,14H,3,12-13H2,1-2H3,(H,20,22). The highest BCUT2D eigenvalue weighted by molar-refractivity contribution is 7.80. The van der Waals surface area contributed by atoms with Gasteiger partial charge in [0.05, 0.1) is 0 Å². The monoisotopic (exact) mass is 310 g/mol. The van der Waals surface area contributed by atoms with Crippen LogP contribution >= 0.6 is 12.2 Å². The zero-order valence-corrected chi connectivity index (χ0v) is 14.0. The van der Waals surface area contributed by atoms with Crippen molar-refractivity contribution < 1.29 is 0 Å². The Bertz CT molecular complexity index is 663. The molecule has 1 aliphatic rings. The first kappa shape index (κ1) is 15.0. The molecule has 0 saturated carbocycles. The van der Waals surface area contributed by atoms with Crippen molar-refractivity contribution in [2.75, 3.05) is 16.8 Å². The Hall–Kier alpha value is -1.87. The summed E-state index contributed by atoms with van der Waals surface area (Å²) in [5.41, 5.74) is 5.04. The number of thiocarbonyl (C=S) groups is 1. The van der Waals surface area contributed by atoms with E-state index in [1.165, 1.54) is 16.8 Å². The maximum atomic E-state index is 5.59. The molecule has 0 bridgehead atoms. The van der Waals surface area contributed by atoms with Gasteiger partial charge in [-0.3, -0.25) is 0 Å². The predicted octanol–water partition coefficient (Wildman–Crippen LogP) is 4.96. The maximum Gasteiger partial charge on any atom is 0.177 e. The van der Waals surface area contributed by atoms with Gasteiger partial charge in [-0.2, -0.15) is 0 Å². The number of anilines is 2. The van der Waals surface area contributed by atoms with Crippen molar-refractivity contribution in [1.29, 1.82) is 0 Å². The van der Waals surface area contributed by atoms with Crippen molar-refractivity contribution >= 4 is 28.7 Å². The third-order valence-electron chi connectivity index (χ3n) is 4.48. The molecule has 0 saturated heterocycles. The van der Waals surface area contributed by atoms with Crippen molar-refractivity contribution in [1.82, 2.24) is 0 Å². The topological polar surface area (TPSA) is 15.3 Å². The fraction of sp³-hybridized carbons (Fsp3) is 0.316. The van der Waals surface area contributed by atoms with Crippen LogP contribution in [-0.4, -0.2) is 11.7 Å². The van der Waals surface area contributed by atoms with Crippen LogP contribution in [0.25, 0.3) is 0 Å². The second-order valence-corrected chi connectivity index (χ2v) is 6.28. The molecule has 1 aliphatic heterocycles. The van der Waals surface area contributed by atoms with Crippen LogP contribution in [0, 0.1) is 0 Å². The minimum Gasteiger partial charge on any atom is -0.332 e. The summed E-state index contributed by atoms with van der Waals surface area (Å²) in [6.45, 7) is 5.43. The Labute approximate surface area is 138 Å². The number of para-hydroxylation sites is 1. The quantitative estimate of drug-likeness (QED) is 0.807. The first-order chi connectivity index (χ1) is 10.7. The summed E-state index contributed by atoms with van der Waals surface area (Å²) < 4.78 is 0. The van der Waals surface area contributed by atoms with Gasteiger partial charge < -0.3 is 10.2 Å². The van der Waals surface area contributed by atoms with Gasteiger partial charge >= 0.3 is 0 Å². The molecule has 3 heteroatoms. The molecular weight excluding hydrogens is 288 g/mol. The van der Waals surface area contributed by atoms with E-state index < -0.39 is 0 Å². The van der Waals surface area contributed by atoms with Crippen LogP contribution in [0.1, 0.15) is 37.3 Å². The zero-order chi connectivity index (χ0) is 15.5. The van der Waals surface area contributed by atoms with Crippen molar-refractivity contribution in [2.45, 2.75) is 32.6 Å². The molecule has 0 aromatic heterocycles. The van der Waals surface area contributed by atoms with E-state index in [4.69, 9.17) is 12.2 Å². The van der Waals surface area contributed by atoms with Crippen LogP contribution in [-0.2, 0) is 6.42 Å². The highest BCUT2D eigenvalue weighted by atomic mass is 32.1. The van der Waals surface area contributed by atoms with Gasteiger partial charge in [0.15, 0.2) is 5.11 Å². The Morgan fingerprint density at radius 1 is 1.18 bits per heavy atom. The lowest BCUT2D eigenvalue weighted by Crippen LogP contribution is -2.33. The second-order valence-electron chi connectivity index (χ2n) is 5.89. The molecule has 1 N–H and O–H groups in total. The molecule has 0 aliphatic carbocycles. The third-order valence-corrected chi connectivity index (χ3v) is 4.80. The Morgan fingerprint density at radius 2 is 1.91 bits per heavy atom. The molecule has 114 valence electrons. The smallest absolute Gasteiger partial charge is 0.177 e. The minimum atomic E-state index is 0.603. The summed E-state index contributed by atoms with van der Waals surface area (Å²) in [6.07, 6.45) is 2.22. The van der Waals surface area contributed by atoms with Crippen LogP contribution < -0.4 is 10.2 Å². The largest absolute Gasteiger partial charge is 0.332 e. The van der Waals surface area contributed by atoms with Gasteiger partial charge in [-0.15, -0.1) is 0 Å². The molecular formula is C19H22N2S. The van der Waals surface area contributed by atoms with E-state index in [0.29, 0.717) is 5.92 Å². The van der Waals surface area contributed by atoms with Gasteiger partial charge in [-0.1, -0.05) is 44.2 Å². The number of fused-ring (bicyclic) bond motifs is 1. The fourth-order valence-electron chi connectivity index (χ4n) is 2.87. The number of rotatable bonds is 3. The fourth-order valence-corrected chi connectivity index (χ4v) is 3.18. The molecule has 1 unspecified atom stereocenters. The average molecular weight is 310 g/mol. The zero-order valence-electron chi connectivity index (χ0n) is 13.2. The molecule has 0 fully saturated rings. The van der Waals surface area contributed by atoms with E-state index in [1.54, 1.807) is 0 Å².